The lowest BCUT2D eigenvalue weighted by molar-refractivity contribution is -0.160. The van der Waals surface area contributed by atoms with Crippen molar-refractivity contribution >= 4 is 17.0 Å². The fourth-order valence-corrected chi connectivity index (χ4v) is 4.45. The van der Waals surface area contributed by atoms with Crippen molar-refractivity contribution in [2.75, 3.05) is 0 Å². The maximum absolute atomic E-state index is 13.5. The third kappa shape index (κ3) is 4.98. The van der Waals surface area contributed by atoms with Crippen LogP contribution in [0, 0.1) is 19.7 Å². The number of carbonyl (C=O) groups is 1. The molecule has 0 aliphatic heterocycles. The van der Waals surface area contributed by atoms with Gasteiger partial charge in [0.05, 0.1) is 11.6 Å². The zero-order valence-electron chi connectivity index (χ0n) is 21.0. The second-order valence-electron chi connectivity index (χ2n) is 9.99. The Morgan fingerprint density at radius 1 is 1.03 bits per heavy atom. The number of benzene rings is 2. The van der Waals surface area contributed by atoms with Gasteiger partial charge in [-0.1, -0.05) is 42.0 Å². The first kappa shape index (κ1) is 24.6. The Bertz CT molecular complexity index is 1370. The Labute approximate surface area is 205 Å². The highest BCUT2D eigenvalue weighted by atomic mass is 19.1. The average Bonchev–Trinajstić information content (AvgIpc) is 3.20. The van der Waals surface area contributed by atoms with E-state index in [9.17, 15) is 14.3 Å². The lowest BCUT2D eigenvalue weighted by Gasteiger charge is -2.28. The van der Waals surface area contributed by atoms with Crippen LogP contribution in [0.3, 0.4) is 0 Å². The van der Waals surface area contributed by atoms with Gasteiger partial charge in [-0.2, -0.15) is 0 Å². The molecule has 0 saturated heterocycles. The molecular formula is C29H31FN2O3. The van der Waals surface area contributed by atoms with E-state index in [1.165, 1.54) is 12.1 Å². The van der Waals surface area contributed by atoms with Crippen LogP contribution in [-0.4, -0.2) is 26.2 Å². The monoisotopic (exact) mass is 474 g/mol. The highest BCUT2D eigenvalue weighted by Gasteiger charge is 2.33. The van der Waals surface area contributed by atoms with Crippen LogP contribution in [0.4, 0.5) is 4.39 Å². The van der Waals surface area contributed by atoms with Gasteiger partial charge in [-0.25, -0.2) is 14.2 Å². The number of nitrogens with zero attached hydrogens (tertiary/aromatic N) is 2. The molecule has 0 spiro atoms. The average molecular weight is 475 g/mol. The highest BCUT2D eigenvalue weighted by molar-refractivity contribution is 5.98. The van der Waals surface area contributed by atoms with E-state index in [-0.39, 0.29) is 11.9 Å². The largest absolute Gasteiger partial charge is 0.479 e. The van der Waals surface area contributed by atoms with E-state index >= 15 is 0 Å². The molecule has 2 aromatic heterocycles. The van der Waals surface area contributed by atoms with E-state index in [2.05, 4.69) is 0 Å². The van der Waals surface area contributed by atoms with Crippen LogP contribution in [0.2, 0.25) is 0 Å². The SMILES string of the molecule is Cc1ccc(-c2c(C(OC(C)(C)C)C(=O)O)c(C)nc3c2ccn3[C@H](C)c2ccc(F)cc2)cc1. The van der Waals surface area contributed by atoms with Crippen molar-refractivity contribution in [3.63, 3.8) is 0 Å². The molecule has 0 aliphatic rings. The predicted molar refractivity (Wildman–Crippen MR) is 136 cm³/mol. The number of hydrogen-bond acceptors (Lipinski definition) is 3. The Hall–Kier alpha value is -3.51. The van der Waals surface area contributed by atoms with Crippen LogP contribution in [-0.2, 0) is 9.53 Å². The van der Waals surface area contributed by atoms with Crippen LogP contribution in [0.25, 0.3) is 22.2 Å². The minimum atomic E-state index is -1.18. The minimum Gasteiger partial charge on any atom is -0.479 e. The highest BCUT2D eigenvalue weighted by Crippen LogP contribution is 2.40. The van der Waals surface area contributed by atoms with Crippen molar-refractivity contribution in [1.82, 2.24) is 9.55 Å². The lowest BCUT2D eigenvalue weighted by Crippen LogP contribution is -2.28. The van der Waals surface area contributed by atoms with Gasteiger partial charge in [0.2, 0.25) is 0 Å². The molecular weight excluding hydrogens is 443 g/mol. The molecule has 2 aromatic carbocycles. The van der Waals surface area contributed by atoms with Gasteiger partial charge in [0.1, 0.15) is 11.5 Å². The topological polar surface area (TPSA) is 64.3 Å². The molecule has 4 aromatic rings. The smallest absolute Gasteiger partial charge is 0.337 e. The first-order valence-electron chi connectivity index (χ1n) is 11.7. The summed E-state index contributed by atoms with van der Waals surface area (Å²) in [4.78, 5) is 17.3. The number of fused-ring (bicyclic) bond motifs is 1. The zero-order chi connectivity index (χ0) is 25.5. The zero-order valence-corrected chi connectivity index (χ0v) is 21.0. The van der Waals surface area contributed by atoms with Gasteiger partial charge in [0.25, 0.3) is 0 Å². The molecule has 2 heterocycles. The van der Waals surface area contributed by atoms with Gasteiger partial charge in [-0.05, 0) is 70.9 Å². The fraction of sp³-hybridized carbons (Fsp3) is 0.310. The first-order chi connectivity index (χ1) is 16.5. The second kappa shape index (κ2) is 9.27. The molecule has 4 rings (SSSR count). The Morgan fingerprint density at radius 2 is 1.66 bits per heavy atom. The van der Waals surface area contributed by atoms with E-state index in [1.807, 2.05) is 82.6 Å². The summed E-state index contributed by atoms with van der Waals surface area (Å²) in [6.45, 7) is 11.4. The Morgan fingerprint density at radius 3 is 2.23 bits per heavy atom. The molecule has 0 radical (unpaired) electrons. The van der Waals surface area contributed by atoms with Crippen molar-refractivity contribution in [3.05, 3.63) is 89.0 Å². The van der Waals surface area contributed by atoms with Gasteiger partial charge in [0, 0.05) is 28.4 Å². The number of aliphatic carboxylic acids is 1. The number of pyridine rings is 1. The number of aryl methyl sites for hydroxylation is 2. The van der Waals surface area contributed by atoms with E-state index < -0.39 is 17.7 Å². The summed E-state index contributed by atoms with van der Waals surface area (Å²) in [5, 5.41) is 11.0. The summed E-state index contributed by atoms with van der Waals surface area (Å²) in [6, 6.07) is 16.3. The Balaban J connectivity index is 1.99. The van der Waals surface area contributed by atoms with E-state index in [4.69, 9.17) is 9.72 Å². The normalized spacial score (nSPS) is 13.7. The number of hydrogen-bond donors (Lipinski definition) is 1. The molecule has 1 unspecified atom stereocenters. The van der Waals surface area contributed by atoms with Crippen LogP contribution < -0.4 is 0 Å². The fourth-order valence-electron chi connectivity index (χ4n) is 4.45. The predicted octanol–water partition coefficient (Wildman–Crippen LogP) is 7.01. The van der Waals surface area contributed by atoms with Crippen molar-refractivity contribution in [2.45, 2.75) is 59.3 Å². The molecule has 6 heteroatoms. The number of aromatic nitrogens is 2. The van der Waals surface area contributed by atoms with Crippen LogP contribution >= 0.6 is 0 Å². The maximum atomic E-state index is 13.5. The quantitative estimate of drug-likeness (QED) is 0.326. The molecule has 5 nitrogen and oxygen atoms in total. The number of halogens is 1. The molecule has 2 atom stereocenters. The summed E-state index contributed by atoms with van der Waals surface area (Å²) in [6.07, 6.45) is 0.772. The maximum Gasteiger partial charge on any atom is 0.337 e. The summed E-state index contributed by atoms with van der Waals surface area (Å²) in [7, 11) is 0. The molecule has 0 bridgehead atoms. The molecule has 1 N–H and O–H groups in total. The van der Waals surface area contributed by atoms with E-state index in [0.717, 1.165) is 33.3 Å². The molecule has 0 amide bonds. The van der Waals surface area contributed by atoms with Crippen molar-refractivity contribution in [2.24, 2.45) is 0 Å². The van der Waals surface area contributed by atoms with Gasteiger partial charge in [-0.15, -0.1) is 0 Å². The van der Waals surface area contributed by atoms with Crippen LogP contribution in [0.15, 0.2) is 60.8 Å². The molecule has 35 heavy (non-hydrogen) atoms. The van der Waals surface area contributed by atoms with Crippen molar-refractivity contribution in [1.29, 1.82) is 0 Å². The third-order valence-electron chi connectivity index (χ3n) is 6.16. The van der Waals surface area contributed by atoms with Crippen LogP contribution in [0.5, 0.6) is 0 Å². The standard InChI is InChI=1S/C29H31FN2O3/c1-17-7-9-21(10-8-17)25-23-15-16-32(19(3)20-11-13-22(30)14-12-20)27(23)31-18(2)24(25)26(28(33)34)35-29(4,5)6/h7-16,19,26H,1-6H3,(H,33,34)/t19-,26?/m1/s1. The van der Waals surface area contributed by atoms with Crippen molar-refractivity contribution in [3.8, 4) is 11.1 Å². The van der Waals surface area contributed by atoms with Gasteiger partial charge >= 0.3 is 5.97 Å². The summed E-state index contributed by atoms with van der Waals surface area (Å²) in [5.41, 5.74) is 4.97. The van der Waals surface area contributed by atoms with Gasteiger partial charge < -0.3 is 14.4 Å². The number of rotatable bonds is 6. The molecule has 0 aliphatic carbocycles. The number of carboxylic acid groups (broad SMARTS) is 1. The first-order valence-corrected chi connectivity index (χ1v) is 11.7. The third-order valence-corrected chi connectivity index (χ3v) is 6.16. The molecule has 0 saturated carbocycles. The number of ether oxygens (including phenoxy) is 1. The summed E-state index contributed by atoms with van der Waals surface area (Å²) < 4.78 is 21.6. The molecule has 0 fully saturated rings. The Kier molecular flexibility index (Phi) is 6.52. The second-order valence-corrected chi connectivity index (χ2v) is 9.99. The van der Waals surface area contributed by atoms with E-state index in [0.29, 0.717) is 11.3 Å². The van der Waals surface area contributed by atoms with Gasteiger partial charge in [-0.3, -0.25) is 0 Å². The van der Waals surface area contributed by atoms with Gasteiger partial charge in [0.15, 0.2) is 6.10 Å². The van der Waals surface area contributed by atoms with Crippen LogP contribution in [0.1, 0.15) is 62.2 Å². The molecule has 182 valence electrons. The summed E-state index contributed by atoms with van der Waals surface area (Å²) in [5.74, 6) is -1.34. The summed E-state index contributed by atoms with van der Waals surface area (Å²) >= 11 is 0. The number of carboxylic acids is 1. The lowest BCUT2D eigenvalue weighted by atomic mass is 9.92. The van der Waals surface area contributed by atoms with E-state index in [1.54, 1.807) is 12.1 Å². The minimum absolute atomic E-state index is 0.0992. The van der Waals surface area contributed by atoms with Crippen molar-refractivity contribution < 1.29 is 19.0 Å².